The van der Waals surface area contributed by atoms with E-state index in [-0.39, 0.29) is 6.04 Å². The number of fused-ring (bicyclic) bond motifs is 1. The molecule has 0 aliphatic heterocycles. The van der Waals surface area contributed by atoms with Crippen molar-refractivity contribution >= 4 is 65.4 Å². The third kappa shape index (κ3) is 3.01. The fraction of sp³-hybridized carbons (Fsp3) is 0.308. The maximum atomic E-state index is 10.2. The Morgan fingerprint density at radius 1 is 1.52 bits per heavy atom. The molecule has 0 aliphatic rings. The minimum absolute atomic E-state index is 0.310. The molecule has 0 spiro atoms. The van der Waals surface area contributed by atoms with E-state index in [4.69, 9.17) is 5.73 Å². The van der Waals surface area contributed by atoms with Crippen molar-refractivity contribution in [2.45, 2.75) is 25.6 Å². The summed E-state index contributed by atoms with van der Waals surface area (Å²) < 4.78 is 6.40. The molecule has 0 radical (unpaired) electrons. The van der Waals surface area contributed by atoms with E-state index in [9.17, 15) is 5.11 Å². The van der Waals surface area contributed by atoms with Gasteiger partial charge in [0.1, 0.15) is 16.6 Å². The third-order valence-corrected chi connectivity index (χ3v) is 7.20. The van der Waals surface area contributed by atoms with E-state index >= 15 is 0 Å². The van der Waals surface area contributed by atoms with Gasteiger partial charge in [-0.15, -0.1) is 22.7 Å². The van der Waals surface area contributed by atoms with Crippen LogP contribution in [0.2, 0.25) is 0 Å². The molecule has 3 heterocycles. The van der Waals surface area contributed by atoms with Crippen LogP contribution in [0, 0.1) is 0 Å². The SMILES string of the molecule is C[C@H](N)C(O)c1sc2c(NCc3cccs3)snc2c1Br. The zero-order valence-corrected chi connectivity index (χ0v) is 15.2. The summed E-state index contributed by atoms with van der Waals surface area (Å²) in [7, 11) is 0. The van der Waals surface area contributed by atoms with Gasteiger partial charge in [0, 0.05) is 10.9 Å². The van der Waals surface area contributed by atoms with Crippen LogP contribution in [0.3, 0.4) is 0 Å². The molecule has 1 unspecified atom stereocenters. The first kappa shape index (κ1) is 15.4. The van der Waals surface area contributed by atoms with Gasteiger partial charge < -0.3 is 16.2 Å². The minimum Gasteiger partial charge on any atom is -0.386 e. The Hall–Kier alpha value is -0.510. The molecule has 0 amide bonds. The highest BCUT2D eigenvalue weighted by molar-refractivity contribution is 9.10. The second-order valence-corrected chi connectivity index (χ2v) is 8.36. The number of anilines is 1. The van der Waals surface area contributed by atoms with Crippen molar-refractivity contribution in [2.24, 2.45) is 5.73 Å². The van der Waals surface area contributed by atoms with E-state index in [1.54, 1.807) is 29.6 Å². The van der Waals surface area contributed by atoms with Gasteiger partial charge >= 0.3 is 0 Å². The number of halogens is 1. The highest BCUT2D eigenvalue weighted by Crippen LogP contribution is 2.44. The molecule has 4 N–H and O–H groups in total. The Morgan fingerprint density at radius 3 is 3.00 bits per heavy atom. The molecular weight excluding hydrogens is 390 g/mol. The Balaban J connectivity index is 1.89. The number of thiophene rings is 2. The van der Waals surface area contributed by atoms with E-state index in [0.29, 0.717) is 0 Å². The van der Waals surface area contributed by atoms with Crippen LogP contribution < -0.4 is 11.1 Å². The van der Waals surface area contributed by atoms with Crippen LogP contribution in [-0.4, -0.2) is 15.5 Å². The molecule has 8 heteroatoms. The predicted octanol–water partition coefficient (Wildman–Crippen LogP) is 4.17. The van der Waals surface area contributed by atoms with Gasteiger partial charge in [-0.25, -0.2) is 0 Å². The van der Waals surface area contributed by atoms with Crippen LogP contribution in [0.15, 0.2) is 22.0 Å². The molecule has 21 heavy (non-hydrogen) atoms. The predicted molar refractivity (Wildman–Crippen MR) is 95.5 cm³/mol. The second-order valence-electron chi connectivity index (χ2n) is 4.71. The van der Waals surface area contributed by atoms with E-state index in [2.05, 4.69) is 37.1 Å². The number of hydrogen-bond donors (Lipinski definition) is 3. The van der Waals surface area contributed by atoms with Gasteiger partial charge in [0.2, 0.25) is 0 Å². The van der Waals surface area contributed by atoms with Crippen molar-refractivity contribution in [3.05, 3.63) is 31.7 Å². The Kier molecular flexibility index (Phi) is 4.63. The number of hydrogen-bond acceptors (Lipinski definition) is 7. The average molecular weight is 404 g/mol. The van der Waals surface area contributed by atoms with Crippen LogP contribution in [0.1, 0.15) is 22.8 Å². The number of aliphatic hydroxyl groups excluding tert-OH is 1. The van der Waals surface area contributed by atoms with E-state index in [0.717, 1.165) is 31.1 Å². The highest BCUT2D eigenvalue weighted by atomic mass is 79.9. The fourth-order valence-corrected chi connectivity index (χ4v) is 5.69. The van der Waals surface area contributed by atoms with Crippen LogP contribution >= 0.6 is 50.1 Å². The lowest BCUT2D eigenvalue weighted by atomic mass is 10.2. The molecule has 3 aromatic rings. The Bertz CT molecular complexity index is 735. The maximum Gasteiger partial charge on any atom is 0.127 e. The van der Waals surface area contributed by atoms with Gasteiger partial charge in [0.05, 0.1) is 20.6 Å². The molecule has 0 bridgehead atoms. The third-order valence-electron chi connectivity index (χ3n) is 3.06. The van der Waals surface area contributed by atoms with Crippen LogP contribution in [0.4, 0.5) is 5.00 Å². The number of nitrogens with zero attached hydrogens (tertiary/aromatic N) is 1. The number of aromatic nitrogens is 1. The van der Waals surface area contributed by atoms with Crippen molar-refractivity contribution in [3.63, 3.8) is 0 Å². The molecule has 112 valence electrons. The summed E-state index contributed by atoms with van der Waals surface area (Å²) in [6, 6.07) is 3.84. The minimum atomic E-state index is -0.672. The number of nitrogens with two attached hydrogens (primary N) is 1. The largest absolute Gasteiger partial charge is 0.386 e. The highest BCUT2D eigenvalue weighted by Gasteiger charge is 2.23. The lowest BCUT2D eigenvalue weighted by Crippen LogP contribution is -2.23. The first-order chi connectivity index (χ1) is 10.1. The number of nitrogens with one attached hydrogen (secondary N) is 1. The lowest BCUT2D eigenvalue weighted by molar-refractivity contribution is 0.156. The first-order valence-corrected chi connectivity index (χ1v) is 9.61. The summed E-state index contributed by atoms with van der Waals surface area (Å²) in [4.78, 5) is 2.12. The monoisotopic (exact) mass is 403 g/mol. The van der Waals surface area contributed by atoms with E-state index in [1.807, 2.05) is 6.07 Å². The van der Waals surface area contributed by atoms with Gasteiger partial charge in [0.25, 0.3) is 0 Å². The molecule has 0 aromatic carbocycles. The summed E-state index contributed by atoms with van der Waals surface area (Å²) in [5.74, 6) is 0. The molecule has 3 rings (SSSR count). The standard InChI is InChI=1S/C13H14BrN3OS3/c1-6(15)10(18)11-8(14)9-12(20-11)13(21-17-9)16-5-7-3-2-4-19-7/h2-4,6,10,16,18H,5,15H2,1H3/t6-,10?/m0/s1. The van der Waals surface area contributed by atoms with Crippen molar-refractivity contribution in [2.75, 3.05) is 5.32 Å². The van der Waals surface area contributed by atoms with Crippen LogP contribution in [-0.2, 0) is 6.54 Å². The molecular formula is C13H14BrN3OS3. The normalized spacial score (nSPS) is 14.5. The van der Waals surface area contributed by atoms with Gasteiger partial charge in [-0.1, -0.05) is 6.07 Å². The summed E-state index contributed by atoms with van der Waals surface area (Å²) in [6.07, 6.45) is -0.672. The molecule has 0 saturated carbocycles. The summed E-state index contributed by atoms with van der Waals surface area (Å²) in [5.41, 5.74) is 6.69. The maximum absolute atomic E-state index is 10.2. The summed E-state index contributed by atoms with van der Waals surface area (Å²) in [6.45, 7) is 2.59. The molecule has 0 fully saturated rings. The van der Waals surface area contributed by atoms with Crippen LogP contribution in [0.25, 0.3) is 10.2 Å². The van der Waals surface area contributed by atoms with Crippen LogP contribution in [0.5, 0.6) is 0 Å². The van der Waals surface area contributed by atoms with Crippen molar-refractivity contribution < 1.29 is 5.11 Å². The van der Waals surface area contributed by atoms with Gasteiger partial charge in [-0.05, 0) is 45.8 Å². The first-order valence-electron chi connectivity index (χ1n) is 6.35. The topological polar surface area (TPSA) is 71.2 Å². The van der Waals surface area contributed by atoms with Gasteiger partial charge in [-0.3, -0.25) is 0 Å². The molecule has 0 aliphatic carbocycles. The van der Waals surface area contributed by atoms with Gasteiger partial charge in [-0.2, -0.15) is 4.37 Å². The zero-order valence-electron chi connectivity index (χ0n) is 11.2. The second kappa shape index (κ2) is 6.31. The number of aliphatic hydroxyl groups is 1. The molecule has 0 saturated heterocycles. The molecule has 2 atom stereocenters. The van der Waals surface area contributed by atoms with Gasteiger partial charge in [0.15, 0.2) is 0 Å². The number of rotatable bonds is 5. The van der Waals surface area contributed by atoms with Crippen molar-refractivity contribution in [1.29, 1.82) is 0 Å². The quantitative estimate of drug-likeness (QED) is 0.597. The lowest BCUT2D eigenvalue weighted by Gasteiger charge is -2.12. The van der Waals surface area contributed by atoms with Crippen molar-refractivity contribution in [1.82, 2.24) is 4.37 Å². The summed E-state index contributed by atoms with van der Waals surface area (Å²) >= 11 is 8.25. The molecule has 3 aromatic heterocycles. The van der Waals surface area contributed by atoms with E-state index < -0.39 is 6.10 Å². The Morgan fingerprint density at radius 2 is 2.33 bits per heavy atom. The van der Waals surface area contributed by atoms with E-state index in [1.165, 1.54) is 16.4 Å². The van der Waals surface area contributed by atoms with Crippen molar-refractivity contribution in [3.8, 4) is 0 Å². The fourth-order valence-electron chi connectivity index (χ4n) is 1.91. The zero-order chi connectivity index (χ0) is 15.0. The summed E-state index contributed by atoms with van der Waals surface area (Å²) in [5, 5.41) is 16.7. The molecule has 4 nitrogen and oxygen atoms in total. The Labute approximate surface area is 142 Å². The average Bonchev–Trinajstić information content (AvgIpc) is 3.15. The smallest absolute Gasteiger partial charge is 0.127 e.